The topological polar surface area (TPSA) is 69.4 Å². The van der Waals surface area contributed by atoms with Crippen LogP contribution >= 0.6 is 15.9 Å². The highest BCUT2D eigenvalue weighted by Gasteiger charge is 2.70. The van der Waals surface area contributed by atoms with Gasteiger partial charge in [0.15, 0.2) is 9.84 Å². The third-order valence-electron chi connectivity index (χ3n) is 4.97. The molecule has 0 amide bonds. The molecule has 2 aromatic carbocycles. The summed E-state index contributed by atoms with van der Waals surface area (Å²) >= 11 is 3.43. The Balaban J connectivity index is 2.04. The molecule has 0 saturated heterocycles. The quantitative estimate of drug-likeness (QED) is 0.740. The summed E-state index contributed by atoms with van der Waals surface area (Å²) < 4.78 is 33.1. The van der Waals surface area contributed by atoms with Crippen molar-refractivity contribution in [3.8, 4) is 0 Å². The van der Waals surface area contributed by atoms with Gasteiger partial charge in [-0.05, 0) is 36.8 Å². The Labute approximate surface area is 157 Å². The van der Waals surface area contributed by atoms with Crippen LogP contribution in [0.25, 0.3) is 0 Å². The van der Waals surface area contributed by atoms with E-state index >= 15 is 0 Å². The fourth-order valence-corrected chi connectivity index (χ4v) is 6.37. The zero-order valence-electron chi connectivity index (χ0n) is 14.1. The molecule has 1 saturated carbocycles. The second-order valence-corrected chi connectivity index (χ2v) is 9.37. The lowest BCUT2D eigenvalue weighted by Gasteiger charge is -2.16. The van der Waals surface area contributed by atoms with Crippen LogP contribution < -0.4 is 5.73 Å². The summed E-state index contributed by atoms with van der Waals surface area (Å²) in [5, 5.41) is -0.569. The Morgan fingerprint density at radius 2 is 1.76 bits per heavy atom. The van der Waals surface area contributed by atoms with E-state index in [0.717, 1.165) is 10.0 Å². The van der Waals surface area contributed by atoms with E-state index in [1.165, 1.54) is 0 Å². The van der Waals surface area contributed by atoms with E-state index in [1.54, 1.807) is 24.3 Å². The van der Waals surface area contributed by atoms with Crippen LogP contribution in [0.15, 0.2) is 64.0 Å². The highest BCUT2D eigenvalue weighted by Crippen LogP contribution is 2.63. The van der Waals surface area contributed by atoms with Gasteiger partial charge in [0.05, 0.1) is 16.8 Å². The first-order chi connectivity index (χ1) is 12.0. The molecule has 0 aromatic heterocycles. The van der Waals surface area contributed by atoms with Crippen LogP contribution in [-0.2, 0) is 14.6 Å². The van der Waals surface area contributed by atoms with Gasteiger partial charge >= 0.3 is 0 Å². The van der Waals surface area contributed by atoms with Gasteiger partial charge in [0, 0.05) is 29.0 Å². The lowest BCUT2D eigenvalue weighted by atomic mass is 10.00. The second kappa shape index (κ2) is 7.19. The van der Waals surface area contributed by atoms with Crippen molar-refractivity contribution in [1.29, 1.82) is 0 Å². The van der Waals surface area contributed by atoms with E-state index in [4.69, 9.17) is 10.5 Å². The maximum Gasteiger partial charge on any atom is 0.182 e. The number of hydrogen-bond acceptors (Lipinski definition) is 4. The molecule has 0 bridgehead atoms. The number of sulfone groups is 1. The van der Waals surface area contributed by atoms with E-state index in [9.17, 15) is 8.42 Å². The first kappa shape index (κ1) is 18.6. The van der Waals surface area contributed by atoms with Crippen LogP contribution in [0.5, 0.6) is 0 Å². The van der Waals surface area contributed by atoms with Crippen LogP contribution in [0.4, 0.5) is 0 Å². The van der Waals surface area contributed by atoms with Crippen molar-refractivity contribution < 1.29 is 13.2 Å². The monoisotopic (exact) mass is 423 g/mol. The molecule has 3 rings (SSSR count). The molecule has 6 heteroatoms. The van der Waals surface area contributed by atoms with Crippen LogP contribution in [0.3, 0.4) is 0 Å². The number of nitrogens with two attached hydrogens (primary N) is 1. The fourth-order valence-electron chi connectivity index (χ4n) is 3.64. The predicted molar refractivity (Wildman–Crippen MR) is 102 cm³/mol. The molecule has 0 aliphatic heterocycles. The number of benzene rings is 2. The Bertz CT molecular complexity index is 824. The Morgan fingerprint density at radius 1 is 1.12 bits per heavy atom. The summed E-state index contributed by atoms with van der Waals surface area (Å²) in [6.07, 6.45) is 0. The molecule has 25 heavy (non-hydrogen) atoms. The maximum atomic E-state index is 13.3. The fraction of sp³-hybridized carbons (Fsp3) is 0.368. The lowest BCUT2D eigenvalue weighted by molar-refractivity contribution is 0.101. The lowest BCUT2D eigenvalue weighted by Crippen LogP contribution is -2.29. The first-order valence-corrected chi connectivity index (χ1v) is 10.6. The first-order valence-electron chi connectivity index (χ1n) is 8.29. The normalized spacial score (nSPS) is 25.7. The minimum atomic E-state index is -3.50. The van der Waals surface area contributed by atoms with Gasteiger partial charge in [0.2, 0.25) is 0 Å². The second-order valence-electron chi connectivity index (χ2n) is 6.38. The molecule has 0 unspecified atom stereocenters. The zero-order valence-corrected chi connectivity index (χ0v) is 16.5. The van der Waals surface area contributed by atoms with Gasteiger partial charge in [-0.3, -0.25) is 0 Å². The summed E-state index contributed by atoms with van der Waals surface area (Å²) in [6, 6.07) is 16.4. The zero-order chi connectivity index (χ0) is 18.1. The number of hydrogen-bond donors (Lipinski definition) is 1. The van der Waals surface area contributed by atoms with Gasteiger partial charge in [0.1, 0.15) is 0 Å². The molecule has 2 aromatic rings. The molecular formula is C19H22BrNO3S. The van der Waals surface area contributed by atoms with Crippen LogP contribution in [-0.4, -0.2) is 33.4 Å². The van der Waals surface area contributed by atoms with Crippen LogP contribution in [0.1, 0.15) is 18.4 Å². The van der Waals surface area contributed by atoms with Gasteiger partial charge in [-0.1, -0.05) is 46.3 Å². The minimum Gasteiger partial charge on any atom is -0.381 e. The predicted octanol–water partition coefficient (Wildman–Crippen LogP) is 3.37. The van der Waals surface area contributed by atoms with Gasteiger partial charge in [-0.2, -0.15) is 0 Å². The molecule has 3 atom stereocenters. The number of rotatable bonds is 7. The van der Waals surface area contributed by atoms with Crippen molar-refractivity contribution in [3.05, 3.63) is 64.6 Å². The Kier molecular flexibility index (Phi) is 5.34. The minimum absolute atomic E-state index is 0.164. The smallest absolute Gasteiger partial charge is 0.182 e. The summed E-state index contributed by atoms with van der Waals surface area (Å²) in [5.41, 5.74) is 6.48. The molecule has 4 nitrogen and oxygen atoms in total. The molecule has 0 heterocycles. The summed E-state index contributed by atoms with van der Waals surface area (Å²) in [6.45, 7) is 3.05. The SMILES string of the molecule is CCOC[C@]1(CN)[C@H](c2ccc(Br)cc2)[C@H]1S(=O)(=O)c1ccccc1. The third-order valence-corrected chi connectivity index (χ3v) is 7.84. The molecule has 2 N–H and O–H groups in total. The molecule has 0 spiro atoms. The van der Waals surface area contributed by atoms with Crippen molar-refractivity contribution >= 4 is 25.8 Å². The Morgan fingerprint density at radius 3 is 2.32 bits per heavy atom. The van der Waals surface area contributed by atoms with E-state index in [1.807, 2.05) is 37.3 Å². The molecule has 1 fully saturated rings. The number of ether oxygens (including phenoxy) is 1. The van der Waals surface area contributed by atoms with E-state index in [-0.39, 0.29) is 12.5 Å². The number of halogens is 1. The molecule has 1 aliphatic rings. The largest absolute Gasteiger partial charge is 0.381 e. The average Bonchev–Trinajstić information content (AvgIpc) is 3.31. The van der Waals surface area contributed by atoms with Crippen LogP contribution in [0, 0.1) is 5.41 Å². The molecule has 1 aliphatic carbocycles. The molecule has 0 radical (unpaired) electrons. The van der Waals surface area contributed by atoms with Crippen LogP contribution in [0.2, 0.25) is 0 Å². The maximum absolute atomic E-state index is 13.3. The van der Waals surface area contributed by atoms with E-state index < -0.39 is 20.5 Å². The molecule has 134 valence electrons. The van der Waals surface area contributed by atoms with Crippen molar-refractivity contribution in [2.24, 2.45) is 11.1 Å². The highest BCUT2D eigenvalue weighted by atomic mass is 79.9. The van der Waals surface area contributed by atoms with Crippen molar-refractivity contribution in [2.75, 3.05) is 19.8 Å². The summed E-state index contributed by atoms with van der Waals surface area (Å²) in [7, 11) is -3.50. The summed E-state index contributed by atoms with van der Waals surface area (Å²) in [5.74, 6) is -0.164. The average molecular weight is 424 g/mol. The van der Waals surface area contributed by atoms with E-state index in [0.29, 0.717) is 18.1 Å². The Hall–Kier alpha value is -1.21. The summed E-state index contributed by atoms with van der Waals surface area (Å²) in [4.78, 5) is 0.342. The highest BCUT2D eigenvalue weighted by molar-refractivity contribution is 9.10. The standard InChI is InChI=1S/C19H22BrNO3S/c1-2-24-13-19(12-21)17(14-8-10-15(20)11-9-14)18(19)25(22,23)16-6-4-3-5-7-16/h3-11,17-18H,2,12-13,21H2,1H3/t17-,18-,19-/m1/s1. The van der Waals surface area contributed by atoms with E-state index in [2.05, 4.69) is 15.9 Å². The van der Waals surface area contributed by atoms with Gasteiger partial charge < -0.3 is 10.5 Å². The molecular weight excluding hydrogens is 402 g/mol. The van der Waals surface area contributed by atoms with Crippen molar-refractivity contribution in [1.82, 2.24) is 0 Å². The van der Waals surface area contributed by atoms with Gasteiger partial charge in [-0.15, -0.1) is 0 Å². The van der Waals surface area contributed by atoms with Crippen molar-refractivity contribution in [2.45, 2.75) is 23.0 Å². The third kappa shape index (κ3) is 3.28. The van der Waals surface area contributed by atoms with Gasteiger partial charge in [0.25, 0.3) is 0 Å². The van der Waals surface area contributed by atoms with Crippen molar-refractivity contribution in [3.63, 3.8) is 0 Å². The van der Waals surface area contributed by atoms with Gasteiger partial charge in [-0.25, -0.2) is 8.42 Å².